The smallest absolute Gasteiger partial charge is 0.131 e. The van der Waals surface area contributed by atoms with Crippen molar-refractivity contribution < 1.29 is 0 Å². The number of aromatic nitrogens is 2. The molecule has 2 aromatic rings. The normalized spacial score (nSPS) is 17.3. The number of nitrogens with zero attached hydrogens (tertiary/aromatic N) is 2. The first-order valence-corrected chi connectivity index (χ1v) is 6.25. The fourth-order valence-corrected chi connectivity index (χ4v) is 3.02. The van der Waals surface area contributed by atoms with Crippen molar-refractivity contribution in [1.82, 2.24) is 10.2 Å². The van der Waals surface area contributed by atoms with E-state index in [9.17, 15) is 0 Å². The zero-order chi connectivity index (χ0) is 11.0. The van der Waals surface area contributed by atoms with Crippen molar-refractivity contribution in [2.45, 2.75) is 24.8 Å². The van der Waals surface area contributed by atoms with Crippen LogP contribution < -0.4 is 5.73 Å². The van der Waals surface area contributed by atoms with Crippen LogP contribution in [0.5, 0.6) is 0 Å². The predicted octanol–water partition coefficient (Wildman–Crippen LogP) is 2.08. The molecule has 0 spiro atoms. The number of nitrogens with two attached hydrogens (primary N) is 1. The second-order valence-electron chi connectivity index (χ2n) is 4.15. The average molecular weight is 231 g/mol. The molecule has 0 radical (unpaired) electrons. The van der Waals surface area contributed by atoms with Crippen LogP contribution in [0.2, 0.25) is 0 Å². The fraction of sp³-hybridized carbons (Fsp3) is 0.333. The van der Waals surface area contributed by atoms with Crippen LogP contribution in [-0.2, 0) is 12.0 Å². The van der Waals surface area contributed by atoms with Gasteiger partial charge in [0.25, 0.3) is 0 Å². The minimum atomic E-state index is 0.145. The zero-order valence-electron chi connectivity index (χ0n) is 8.89. The maximum absolute atomic E-state index is 5.57. The van der Waals surface area contributed by atoms with Gasteiger partial charge in [0.15, 0.2) is 0 Å². The molecule has 1 aromatic heterocycles. The van der Waals surface area contributed by atoms with Crippen LogP contribution in [-0.4, -0.2) is 10.2 Å². The van der Waals surface area contributed by atoms with Crippen molar-refractivity contribution in [3.8, 4) is 0 Å². The van der Waals surface area contributed by atoms with Crippen molar-refractivity contribution >= 4 is 11.3 Å². The van der Waals surface area contributed by atoms with Gasteiger partial charge in [-0.1, -0.05) is 41.7 Å². The van der Waals surface area contributed by atoms with E-state index < -0.39 is 0 Å². The van der Waals surface area contributed by atoms with Gasteiger partial charge in [0, 0.05) is 12.0 Å². The van der Waals surface area contributed by atoms with Gasteiger partial charge in [-0.3, -0.25) is 0 Å². The Morgan fingerprint density at radius 1 is 1.19 bits per heavy atom. The summed E-state index contributed by atoms with van der Waals surface area (Å²) < 4.78 is 0. The molecule has 4 heteroatoms. The largest absolute Gasteiger partial charge is 0.324 e. The lowest BCUT2D eigenvalue weighted by Gasteiger charge is -2.10. The Morgan fingerprint density at radius 2 is 1.94 bits per heavy atom. The molecule has 0 bridgehead atoms. The van der Waals surface area contributed by atoms with Gasteiger partial charge in [-0.05, 0) is 18.4 Å². The lowest BCUT2D eigenvalue weighted by Crippen LogP contribution is -2.07. The summed E-state index contributed by atoms with van der Waals surface area (Å²) in [7, 11) is 0. The summed E-state index contributed by atoms with van der Waals surface area (Å²) in [4.78, 5) is 0. The van der Waals surface area contributed by atoms with E-state index in [1.54, 1.807) is 11.3 Å². The van der Waals surface area contributed by atoms with Gasteiger partial charge in [-0.15, -0.1) is 10.2 Å². The molecule has 0 amide bonds. The second-order valence-corrected chi connectivity index (χ2v) is 5.22. The minimum absolute atomic E-state index is 0.145. The van der Waals surface area contributed by atoms with E-state index in [1.165, 1.54) is 18.4 Å². The molecule has 3 nitrogen and oxygen atoms in total. The third-order valence-corrected chi connectivity index (χ3v) is 4.28. The highest BCUT2D eigenvalue weighted by atomic mass is 32.1. The third-order valence-electron chi connectivity index (χ3n) is 3.13. The minimum Gasteiger partial charge on any atom is -0.324 e. The highest BCUT2D eigenvalue weighted by Crippen LogP contribution is 2.54. The van der Waals surface area contributed by atoms with Crippen LogP contribution in [0.4, 0.5) is 0 Å². The lowest BCUT2D eigenvalue weighted by molar-refractivity contribution is 0.800. The van der Waals surface area contributed by atoms with E-state index in [2.05, 4.69) is 34.5 Å². The standard InChI is InChI=1S/C12H13N3S/c13-8-10-14-15-11(16-10)12(6-7-12)9-4-2-1-3-5-9/h1-5H,6-8,13H2. The Hall–Kier alpha value is -1.26. The number of benzene rings is 1. The molecule has 1 aliphatic carbocycles. The van der Waals surface area contributed by atoms with Crippen LogP contribution in [0, 0.1) is 0 Å². The van der Waals surface area contributed by atoms with Crippen LogP contribution in [0.25, 0.3) is 0 Å². The molecule has 3 rings (SSSR count). The van der Waals surface area contributed by atoms with Gasteiger partial charge < -0.3 is 5.73 Å². The molecule has 0 aliphatic heterocycles. The van der Waals surface area contributed by atoms with Gasteiger partial charge in [-0.2, -0.15) is 0 Å². The van der Waals surface area contributed by atoms with E-state index in [0.717, 1.165) is 10.0 Å². The summed E-state index contributed by atoms with van der Waals surface area (Å²) in [6.07, 6.45) is 2.35. The maximum Gasteiger partial charge on any atom is 0.131 e. The summed E-state index contributed by atoms with van der Waals surface area (Å²) in [5.74, 6) is 0. The van der Waals surface area contributed by atoms with E-state index >= 15 is 0 Å². The van der Waals surface area contributed by atoms with Crippen LogP contribution in [0.15, 0.2) is 30.3 Å². The van der Waals surface area contributed by atoms with E-state index in [1.807, 2.05) is 6.07 Å². The molecule has 1 aliphatic rings. The Bertz CT molecular complexity index is 488. The summed E-state index contributed by atoms with van der Waals surface area (Å²) >= 11 is 1.65. The fourth-order valence-electron chi connectivity index (χ4n) is 2.04. The molecule has 0 atom stereocenters. The Kier molecular flexibility index (Phi) is 2.26. The zero-order valence-corrected chi connectivity index (χ0v) is 9.70. The number of rotatable bonds is 3. The second kappa shape index (κ2) is 3.64. The maximum atomic E-state index is 5.57. The summed E-state index contributed by atoms with van der Waals surface area (Å²) in [6.45, 7) is 0.489. The SMILES string of the molecule is NCc1nnc(C2(c3ccccc3)CC2)s1. The van der Waals surface area contributed by atoms with E-state index in [-0.39, 0.29) is 5.41 Å². The average Bonchev–Trinajstić information content (AvgIpc) is 3.02. The molecule has 82 valence electrons. The predicted molar refractivity (Wildman–Crippen MR) is 64.3 cm³/mol. The Balaban J connectivity index is 2.00. The van der Waals surface area contributed by atoms with Gasteiger partial charge >= 0.3 is 0 Å². The number of hydrogen-bond donors (Lipinski definition) is 1. The highest BCUT2D eigenvalue weighted by Gasteiger charge is 2.48. The molecule has 1 heterocycles. The van der Waals surface area contributed by atoms with Crippen molar-refractivity contribution in [3.63, 3.8) is 0 Å². The Morgan fingerprint density at radius 3 is 2.50 bits per heavy atom. The van der Waals surface area contributed by atoms with Crippen molar-refractivity contribution in [2.75, 3.05) is 0 Å². The lowest BCUT2D eigenvalue weighted by atomic mass is 9.97. The molecular weight excluding hydrogens is 218 g/mol. The quantitative estimate of drug-likeness (QED) is 0.880. The molecule has 1 saturated carbocycles. The molecule has 16 heavy (non-hydrogen) atoms. The first-order chi connectivity index (χ1) is 7.85. The van der Waals surface area contributed by atoms with Crippen LogP contribution in [0.1, 0.15) is 28.4 Å². The van der Waals surface area contributed by atoms with Crippen LogP contribution >= 0.6 is 11.3 Å². The monoisotopic (exact) mass is 231 g/mol. The van der Waals surface area contributed by atoms with Gasteiger partial charge in [-0.25, -0.2) is 0 Å². The molecule has 1 fully saturated rings. The van der Waals surface area contributed by atoms with Gasteiger partial charge in [0.2, 0.25) is 0 Å². The van der Waals surface area contributed by atoms with E-state index in [0.29, 0.717) is 6.54 Å². The van der Waals surface area contributed by atoms with Crippen molar-refractivity contribution in [1.29, 1.82) is 0 Å². The molecule has 2 N–H and O–H groups in total. The molecular formula is C12H13N3S. The first-order valence-electron chi connectivity index (χ1n) is 5.44. The van der Waals surface area contributed by atoms with Crippen molar-refractivity contribution in [3.05, 3.63) is 45.9 Å². The van der Waals surface area contributed by atoms with Crippen LogP contribution in [0.3, 0.4) is 0 Å². The first kappa shape index (κ1) is 9.93. The summed E-state index contributed by atoms with van der Waals surface area (Å²) in [5.41, 5.74) is 7.07. The van der Waals surface area contributed by atoms with Gasteiger partial charge in [0.1, 0.15) is 10.0 Å². The molecule has 0 unspecified atom stereocenters. The number of hydrogen-bond acceptors (Lipinski definition) is 4. The summed E-state index contributed by atoms with van der Waals surface area (Å²) in [6, 6.07) is 10.6. The highest BCUT2D eigenvalue weighted by molar-refractivity contribution is 7.11. The van der Waals surface area contributed by atoms with E-state index in [4.69, 9.17) is 5.73 Å². The van der Waals surface area contributed by atoms with Gasteiger partial charge in [0.05, 0.1) is 0 Å². The molecule has 0 saturated heterocycles. The van der Waals surface area contributed by atoms with Crippen molar-refractivity contribution in [2.24, 2.45) is 5.73 Å². The summed E-state index contributed by atoms with van der Waals surface area (Å²) in [5, 5.41) is 10.4. The topological polar surface area (TPSA) is 51.8 Å². The Labute approximate surface area is 98.3 Å². The molecule has 1 aromatic carbocycles. The third kappa shape index (κ3) is 1.45.